The first-order valence-corrected chi connectivity index (χ1v) is 4.55. The van der Waals surface area contributed by atoms with Gasteiger partial charge >= 0.3 is 0 Å². The lowest BCUT2D eigenvalue weighted by Crippen LogP contribution is -1.90. The Kier molecular flexibility index (Phi) is 3.41. The highest BCUT2D eigenvalue weighted by molar-refractivity contribution is 5.96. The van der Waals surface area contributed by atoms with Crippen molar-refractivity contribution < 1.29 is 4.79 Å². The third-order valence-electron chi connectivity index (χ3n) is 2.10. The van der Waals surface area contributed by atoms with Gasteiger partial charge in [-0.2, -0.15) is 0 Å². The maximum absolute atomic E-state index is 10.9. The number of aryl methyl sites for hydroxylation is 1. The number of ketones is 1. The van der Waals surface area contributed by atoms with E-state index in [1.165, 1.54) is 12.5 Å². The second kappa shape index (κ2) is 4.56. The smallest absolute Gasteiger partial charge is 0.159 e. The summed E-state index contributed by atoms with van der Waals surface area (Å²) >= 11 is 0. The van der Waals surface area contributed by atoms with Gasteiger partial charge in [-0.15, -0.1) is 0 Å². The van der Waals surface area contributed by atoms with Crippen molar-refractivity contribution in [3.63, 3.8) is 0 Å². The molecule has 0 unspecified atom stereocenters. The second-order valence-electron chi connectivity index (χ2n) is 3.27. The van der Waals surface area contributed by atoms with Gasteiger partial charge in [0.25, 0.3) is 0 Å². The molecule has 0 bridgehead atoms. The molecule has 0 spiro atoms. The van der Waals surface area contributed by atoms with Crippen molar-refractivity contribution in [2.75, 3.05) is 0 Å². The zero-order valence-corrected chi connectivity index (χ0v) is 8.58. The van der Waals surface area contributed by atoms with E-state index in [1.807, 2.05) is 37.3 Å². The summed E-state index contributed by atoms with van der Waals surface area (Å²) in [5.74, 6) is 0.00911. The molecule has 1 heteroatoms. The summed E-state index contributed by atoms with van der Waals surface area (Å²) in [6.45, 7) is 7.22. The SMILES string of the molecule is C=C(/C=C\c1ccccc1C)C(C)=O. The third kappa shape index (κ3) is 2.70. The fraction of sp³-hybridized carbons (Fsp3) is 0.154. The van der Waals surface area contributed by atoms with Crippen LogP contribution in [0, 0.1) is 6.92 Å². The van der Waals surface area contributed by atoms with Gasteiger partial charge in [-0.05, 0) is 25.0 Å². The number of benzene rings is 1. The fourth-order valence-electron chi connectivity index (χ4n) is 1.08. The first-order chi connectivity index (χ1) is 6.61. The van der Waals surface area contributed by atoms with Crippen molar-refractivity contribution in [1.82, 2.24) is 0 Å². The largest absolute Gasteiger partial charge is 0.295 e. The average Bonchev–Trinajstić information content (AvgIpc) is 2.16. The molecule has 0 saturated heterocycles. The van der Waals surface area contributed by atoms with E-state index in [1.54, 1.807) is 6.08 Å². The van der Waals surface area contributed by atoms with Crippen LogP contribution < -0.4 is 0 Å². The molecule has 1 aromatic rings. The Hall–Kier alpha value is -1.63. The van der Waals surface area contributed by atoms with Crippen LogP contribution in [0.3, 0.4) is 0 Å². The highest BCUT2D eigenvalue weighted by Gasteiger charge is 1.95. The number of carbonyl (C=O) groups excluding carboxylic acids is 1. The molecule has 0 saturated carbocycles. The Labute approximate surface area is 84.8 Å². The topological polar surface area (TPSA) is 17.1 Å². The van der Waals surface area contributed by atoms with Crippen LogP contribution in [-0.2, 0) is 4.79 Å². The van der Waals surface area contributed by atoms with Crippen molar-refractivity contribution in [1.29, 1.82) is 0 Å². The molecule has 0 aliphatic rings. The van der Waals surface area contributed by atoms with Gasteiger partial charge in [0.15, 0.2) is 5.78 Å². The summed E-state index contributed by atoms with van der Waals surface area (Å²) in [5, 5.41) is 0. The first kappa shape index (κ1) is 10.5. The van der Waals surface area contributed by atoms with E-state index >= 15 is 0 Å². The van der Waals surface area contributed by atoms with E-state index < -0.39 is 0 Å². The number of rotatable bonds is 3. The van der Waals surface area contributed by atoms with Crippen LogP contribution in [-0.4, -0.2) is 5.78 Å². The zero-order valence-electron chi connectivity index (χ0n) is 8.58. The van der Waals surface area contributed by atoms with Crippen LogP contribution in [0.25, 0.3) is 6.08 Å². The molecule has 0 aliphatic heterocycles. The normalized spacial score (nSPS) is 10.4. The molecule has 1 aromatic carbocycles. The van der Waals surface area contributed by atoms with E-state index in [2.05, 4.69) is 6.58 Å². The summed E-state index contributed by atoms with van der Waals surface area (Å²) in [6, 6.07) is 8.02. The third-order valence-corrected chi connectivity index (χ3v) is 2.10. The van der Waals surface area contributed by atoms with E-state index in [-0.39, 0.29) is 5.78 Å². The maximum Gasteiger partial charge on any atom is 0.159 e. The quantitative estimate of drug-likeness (QED) is 0.523. The van der Waals surface area contributed by atoms with E-state index in [0.717, 1.165) is 5.56 Å². The average molecular weight is 186 g/mol. The van der Waals surface area contributed by atoms with Crippen LogP contribution >= 0.6 is 0 Å². The van der Waals surface area contributed by atoms with Gasteiger partial charge in [0.05, 0.1) is 0 Å². The molecule has 1 rings (SSSR count). The Morgan fingerprint density at radius 2 is 2.00 bits per heavy atom. The second-order valence-corrected chi connectivity index (χ2v) is 3.27. The van der Waals surface area contributed by atoms with Gasteiger partial charge in [0.2, 0.25) is 0 Å². The zero-order chi connectivity index (χ0) is 10.6. The van der Waals surface area contributed by atoms with Crippen LogP contribution in [0.2, 0.25) is 0 Å². The van der Waals surface area contributed by atoms with Gasteiger partial charge in [-0.1, -0.05) is 43.0 Å². The highest BCUT2D eigenvalue weighted by Crippen LogP contribution is 2.10. The maximum atomic E-state index is 10.9. The molecule has 0 radical (unpaired) electrons. The molecule has 0 aliphatic carbocycles. The van der Waals surface area contributed by atoms with Gasteiger partial charge in [-0.3, -0.25) is 4.79 Å². The lowest BCUT2D eigenvalue weighted by Gasteiger charge is -1.98. The Balaban J connectivity index is 2.84. The molecule has 0 aromatic heterocycles. The summed E-state index contributed by atoms with van der Waals surface area (Å²) < 4.78 is 0. The number of allylic oxidation sites excluding steroid dienone is 2. The van der Waals surface area contributed by atoms with E-state index in [4.69, 9.17) is 0 Å². The molecule has 0 atom stereocenters. The predicted octanol–water partition coefficient (Wildman–Crippen LogP) is 3.15. The Bertz CT molecular complexity index is 386. The standard InChI is InChI=1S/C13H14O/c1-10(12(3)14)8-9-13-7-5-4-6-11(13)2/h4-9H,1H2,2-3H3/b9-8-. The fourth-order valence-corrected chi connectivity index (χ4v) is 1.08. The molecule has 72 valence electrons. The minimum atomic E-state index is 0.00911. The molecule has 0 N–H and O–H groups in total. The first-order valence-electron chi connectivity index (χ1n) is 4.55. The van der Waals surface area contributed by atoms with Crippen molar-refractivity contribution >= 4 is 11.9 Å². The van der Waals surface area contributed by atoms with Crippen LogP contribution in [0.15, 0.2) is 42.5 Å². The van der Waals surface area contributed by atoms with Crippen LogP contribution in [0.4, 0.5) is 0 Å². The molecule has 0 amide bonds. The highest BCUT2D eigenvalue weighted by atomic mass is 16.1. The van der Waals surface area contributed by atoms with Crippen LogP contribution in [0.1, 0.15) is 18.1 Å². The Morgan fingerprint density at radius 3 is 2.57 bits per heavy atom. The molecular formula is C13H14O. The van der Waals surface area contributed by atoms with Crippen molar-refractivity contribution in [3.8, 4) is 0 Å². The summed E-state index contributed by atoms with van der Waals surface area (Å²) in [4.78, 5) is 10.9. The van der Waals surface area contributed by atoms with E-state index in [9.17, 15) is 4.79 Å². The molecule has 0 heterocycles. The molecule has 1 nitrogen and oxygen atoms in total. The van der Waals surface area contributed by atoms with Gasteiger partial charge in [-0.25, -0.2) is 0 Å². The minimum absolute atomic E-state index is 0.00911. The number of hydrogen-bond acceptors (Lipinski definition) is 1. The van der Waals surface area contributed by atoms with Crippen molar-refractivity contribution in [2.24, 2.45) is 0 Å². The molecule has 0 fully saturated rings. The van der Waals surface area contributed by atoms with Crippen LogP contribution in [0.5, 0.6) is 0 Å². The lowest BCUT2D eigenvalue weighted by molar-refractivity contribution is -0.113. The number of Topliss-reactive ketones (excluding diaryl/α,β-unsaturated/α-hetero) is 1. The summed E-state index contributed by atoms with van der Waals surface area (Å²) in [6.07, 6.45) is 3.67. The Morgan fingerprint density at radius 1 is 1.36 bits per heavy atom. The van der Waals surface area contributed by atoms with Gasteiger partial charge in [0.1, 0.15) is 0 Å². The molecular weight excluding hydrogens is 172 g/mol. The lowest BCUT2D eigenvalue weighted by atomic mass is 10.1. The van der Waals surface area contributed by atoms with Gasteiger partial charge in [0, 0.05) is 5.57 Å². The summed E-state index contributed by atoms with van der Waals surface area (Å²) in [5.41, 5.74) is 2.85. The van der Waals surface area contributed by atoms with Gasteiger partial charge < -0.3 is 0 Å². The number of hydrogen-bond donors (Lipinski definition) is 0. The number of carbonyl (C=O) groups is 1. The monoisotopic (exact) mass is 186 g/mol. The minimum Gasteiger partial charge on any atom is -0.295 e. The summed E-state index contributed by atoms with van der Waals surface area (Å²) in [7, 11) is 0. The van der Waals surface area contributed by atoms with Crippen molar-refractivity contribution in [2.45, 2.75) is 13.8 Å². The van der Waals surface area contributed by atoms with E-state index in [0.29, 0.717) is 5.57 Å². The molecule has 14 heavy (non-hydrogen) atoms. The van der Waals surface area contributed by atoms with Crippen molar-refractivity contribution in [3.05, 3.63) is 53.6 Å². The predicted molar refractivity (Wildman–Crippen MR) is 60.0 cm³/mol.